The molecule has 2 aromatic carbocycles. The van der Waals surface area contributed by atoms with Crippen molar-refractivity contribution in [2.45, 2.75) is 26.7 Å². The number of fused-ring (bicyclic) bond motifs is 1. The predicted octanol–water partition coefficient (Wildman–Crippen LogP) is 3.90. The lowest BCUT2D eigenvalue weighted by molar-refractivity contribution is 0.0941. The molecule has 1 aromatic heterocycles. The van der Waals surface area contributed by atoms with E-state index in [0.717, 1.165) is 16.5 Å². The maximum Gasteiger partial charge on any atom is 0.270 e. The van der Waals surface area contributed by atoms with Gasteiger partial charge >= 0.3 is 0 Å². The number of carbonyl (C=O) groups is 1. The number of aliphatic hydroxyl groups excluding tert-OH is 1. The van der Waals surface area contributed by atoms with E-state index in [1.54, 1.807) is 31.2 Å². The molecular weight excluding hydrogens is 359 g/mol. The van der Waals surface area contributed by atoms with Crippen molar-refractivity contribution in [3.63, 3.8) is 0 Å². The number of pyridine rings is 1. The number of nitrogens with zero attached hydrogens (tertiary/aromatic N) is 1. The molecule has 3 N–H and O–H groups in total. The van der Waals surface area contributed by atoms with Crippen molar-refractivity contribution in [1.82, 2.24) is 10.3 Å². The molecule has 0 spiro atoms. The highest BCUT2D eigenvalue weighted by atomic mass is 19.1. The molecule has 0 atom stereocenters. The number of nitrogens with one attached hydrogen (secondary N) is 1. The van der Waals surface area contributed by atoms with Crippen LogP contribution in [0.4, 0.5) is 4.39 Å². The van der Waals surface area contributed by atoms with Gasteiger partial charge in [0.25, 0.3) is 5.91 Å². The first kappa shape index (κ1) is 19.8. The number of amides is 1. The molecule has 0 fully saturated rings. The molecule has 3 rings (SSSR count). The number of benzene rings is 2. The first-order chi connectivity index (χ1) is 13.3. The number of aliphatic hydroxyl groups is 1. The number of aryl methyl sites for hydroxylation is 1. The van der Waals surface area contributed by atoms with Crippen LogP contribution in [0.15, 0.2) is 36.4 Å². The molecular formula is C22H23FN2O3. The van der Waals surface area contributed by atoms with Gasteiger partial charge in [0.15, 0.2) is 0 Å². The molecule has 0 aliphatic heterocycles. The molecule has 0 saturated heterocycles. The molecule has 0 aliphatic rings. The number of phenols is 1. The van der Waals surface area contributed by atoms with Crippen molar-refractivity contribution in [2.75, 3.05) is 13.2 Å². The fourth-order valence-corrected chi connectivity index (χ4v) is 3.27. The van der Waals surface area contributed by atoms with Crippen molar-refractivity contribution in [1.29, 1.82) is 0 Å². The second kappa shape index (κ2) is 7.94. The Morgan fingerprint density at radius 2 is 1.93 bits per heavy atom. The standard InChI is InChI=1S/C22H23FN2O3/c1-12(2)20-19(14-4-7-18(23)13(3)10-14)16-6-5-15(27)11-17(16)21(25-20)22(28)24-8-9-26/h4-7,10-12,26-27H,8-9H2,1-3H3,(H,24,28). The van der Waals surface area contributed by atoms with E-state index in [9.17, 15) is 14.3 Å². The van der Waals surface area contributed by atoms with Gasteiger partial charge in [0.2, 0.25) is 0 Å². The smallest absolute Gasteiger partial charge is 0.270 e. The highest BCUT2D eigenvalue weighted by Gasteiger charge is 2.22. The summed E-state index contributed by atoms with van der Waals surface area (Å²) in [6.45, 7) is 5.58. The first-order valence-corrected chi connectivity index (χ1v) is 9.15. The SMILES string of the molecule is Cc1cc(-c2c(C(C)C)nc(C(=O)NCCO)c3cc(O)ccc23)ccc1F. The minimum absolute atomic E-state index is 0.00274. The summed E-state index contributed by atoms with van der Waals surface area (Å²) in [7, 11) is 0. The molecule has 146 valence electrons. The minimum Gasteiger partial charge on any atom is -0.508 e. The first-order valence-electron chi connectivity index (χ1n) is 9.15. The van der Waals surface area contributed by atoms with Crippen LogP contribution in [0, 0.1) is 12.7 Å². The van der Waals surface area contributed by atoms with Crippen LogP contribution in [0.25, 0.3) is 21.9 Å². The predicted molar refractivity (Wildman–Crippen MR) is 107 cm³/mol. The lowest BCUT2D eigenvalue weighted by Gasteiger charge is -2.19. The van der Waals surface area contributed by atoms with E-state index in [4.69, 9.17) is 5.11 Å². The Balaban J connectivity index is 2.36. The molecule has 0 unspecified atom stereocenters. The summed E-state index contributed by atoms with van der Waals surface area (Å²) in [6.07, 6.45) is 0. The molecule has 0 radical (unpaired) electrons. The zero-order valence-corrected chi connectivity index (χ0v) is 16.1. The molecule has 1 amide bonds. The zero-order chi connectivity index (χ0) is 20.4. The molecule has 0 saturated carbocycles. The molecule has 28 heavy (non-hydrogen) atoms. The summed E-state index contributed by atoms with van der Waals surface area (Å²) in [5, 5.41) is 22.8. The summed E-state index contributed by atoms with van der Waals surface area (Å²) in [5.41, 5.74) is 3.02. The summed E-state index contributed by atoms with van der Waals surface area (Å²) in [5.74, 6) is -0.690. The van der Waals surface area contributed by atoms with Crippen molar-refractivity contribution >= 4 is 16.7 Å². The summed E-state index contributed by atoms with van der Waals surface area (Å²) >= 11 is 0. The molecule has 0 bridgehead atoms. The number of phenolic OH excluding ortho intramolecular Hbond substituents is 1. The van der Waals surface area contributed by atoms with Crippen LogP contribution in [0.1, 0.15) is 41.5 Å². The van der Waals surface area contributed by atoms with Crippen LogP contribution in [0.2, 0.25) is 0 Å². The Kier molecular flexibility index (Phi) is 5.61. The Labute approximate surface area is 162 Å². The van der Waals surface area contributed by atoms with Gasteiger partial charge < -0.3 is 15.5 Å². The normalized spacial score (nSPS) is 11.2. The van der Waals surface area contributed by atoms with Crippen LogP contribution in [-0.4, -0.2) is 34.3 Å². The van der Waals surface area contributed by atoms with Crippen molar-refractivity contribution in [3.8, 4) is 16.9 Å². The van der Waals surface area contributed by atoms with Gasteiger partial charge in [-0.1, -0.05) is 19.9 Å². The Bertz CT molecular complexity index is 1050. The van der Waals surface area contributed by atoms with Gasteiger partial charge in [-0.25, -0.2) is 9.37 Å². The number of rotatable bonds is 5. The number of hydrogen-bond acceptors (Lipinski definition) is 4. The van der Waals surface area contributed by atoms with E-state index in [2.05, 4.69) is 10.3 Å². The number of carbonyl (C=O) groups excluding carboxylic acids is 1. The highest BCUT2D eigenvalue weighted by Crippen LogP contribution is 2.38. The second-order valence-electron chi connectivity index (χ2n) is 7.05. The minimum atomic E-state index is -0.423. The second-order valence-corrected chi connectivity index (χ2v) is 7.05. The van der Waals surface area contributed by atoms with Crippen LogP contribution in [0.5, 0.6) is 5.75 Å². The topological polar surface area (TPSA) is 82.5 Å². The number of halogens is 1. The summed E-state index contributed by atoms with van der Waals surface area (Å²) < 4.78 is 13.8. The van der Waals surface area contributed by atoms with E-state index in [-0.39, 0.29) is 36.3 Å². The monoisotopic (exact) mass is 382 g/mol. The van der Waals surface area contributed by atoms with Crippen LogP contribution >= 0.6 is 0 Å². The fraction of sp³-hybridized carbons (Fsp3) is 0.273. The third kappa shape index (κ3) is 3.68. The van der Waals surface area contributed by atoms with E-state index in [1.807, 2.05) is 13.8 Å². The van der Waals surface area contributed by atoms with E-state index >= 15 is 0 Å². The average molecular weight is 382 g/mol. The van der Waals surface area contributed by atoms with Gasteiger partial charge in [-0.3, -0.25) is 4.79 Å². The quantitative estimate of drug-likeness (QED) is 0.625. The molecule has 6 heteroatoms. The van der Waals surface area contributed by atoms with Crippen molar-refractivity contribution < 1.29 is 19.4 Å². The van der Waals surface area contributed by atoms with Crippen LogP contribution in [0.3, 0.4) is 0 Å². The van der Waals surface area contributed by atoms with Crippen LogP contribution in [-0.2, 0) is 0 Å². The van der Waals surface area contributed by atoms with Crippen LogP contribution < -0.4 is 5.32 Å². The van der Waals surface area contributed by atoms with Gasteiger partial charge in [0.1, 0.15) is 17.3 Å². The lowest BCUT2D eigenvalue weighted by atomic mass is 9.90. The molecule has 0 aliphatic carbocycles. The van der Waals surface area contributed by atoms with Crippen molar-refractivity contribution in [3.05, 3.63) is 59.2 Å². The van der Waals surface area contributed by atoms with E-state index in [0.29, 0.717) is 16.6 Å². The average Bonchev–Trinajstić information content (AvgIpc) is 2.66. The van der Waals surface area contributed by atoms with Gasteiger partial charge in [-0.05, 0) is 59.7 Å². The summed E-state index contributed by atoms with van der Waals surface area (Å²) in [4.78, 5) is 17.3. The van der Waals surface area contributed by atoms with Gasteiger partial charge in [-0.15, -0.1) is 0 Å². The Morgan fingerprint density at radius 3 is 2.57 bits per heavy atom. The maximum absolute atomic E-state index is 13.8. The maximum atomic E-state index is 13.8. The van der Waals surface area contributed by atoms with Gasteiger partial charge in [-0.2, -0.15) is 0 Å². The van der Waals surface area contributed by atoms with Gasteiger partial charge in [0.05, 0.1) is 12.3 Å². The summed E-state index contributed by atoms with van der Waals surface area (Å²) in [6, 6.07) is 9.68. The molecule has 3 aromatic rings. The molecule has 1 heterocycles. The fourth-order valence-electron chi connectivity index (χ4n) is 3.27. The largest absolute Gasteiger partial charge is 0.508 e. The van der Waals surface area contributed by atoms with Gasteiger partial charge in [0, 0.05) is 17.5 Å². The van der Waals surface area contributed by atoms with E-state index < -0.39 is 5.91 Å². The number of aromatic nitrogens is 1. The van der Waals surface area contributed by atoms with Crippen molar-refractivity contribution in [2.24, 2.45) is 0 Å². The Morgan fingerprint density at radius 1 is 1.18 bits per heavy atom. The zero-order valence-electron chi connectivity index (χ0n) is 16.1. The van der Waals surface area contributed by atoms with E-state index in [1.165, 1.54) is 12.1 Å². The lowest BCUT2D eigenvalue weighted by Crippen LogP contribution is -2.28. The number of hydrogen-bond donors (Lipinski definition) is 3. The number of aromatic hydroxyl groups is 1. The molecule has 5 nitrogen and oxygen atoms in total. The third-order valence-electron chi connectivity index (χ3n) is 4.62. The Hall–Kier alpha value is -2.99. The highest BCUT2D eigenvalue weighted by molar-refractivity contribution is 6.10. The third-order valence-corrected chi connectivity index (χ3v) is 4.62.